The lowest BCUT2D eigenvalue weighted by atomic mass is 9.84. The molecule has 2 N–H and O–H groups in total. The van der Waals surface area contributed by atoms with Crippen LogP contribution in [0.3, 0.4) is 0 Å². The maximum Gasteiger partial charge on any atom is 0.316 e. The molecule has 0 aromatic heterocycles. The number of cyclic esters (lactones) is 1. The lowest BCUT2D eigenvalue weighted by Gasteiger charge is -2.28. The van der Waals surface area contributed by atoms with Crippen LogP contribution in [0.5, 0.6) is 0 Å². The van der Waals surface area contributed by atoms with E-state index in [1.165, 1.54) is 6.92 Å². The number of carbonyl (C=O) groups is 2. The van der Waals surface area contributed by atoms with Gasteiger partial charge in [0.2, 0.25) is 0 Å². The third-order valence-electron chi connectivity index (χ3n) is 4.76. The van der Waals surface area contributed by atoms with Gasteiger partial charge in [-0.15, -0.1) is 0 Å². The molecule has 0 radical (unpaired) electrons. The van der Waals surface area contributed by atoms with E-state index in [2.05, 4.69) is 6.58 Å². The van der Waals surface area contributed by atoms with Crippen molar-refractivity contribution in [1.82, 2.24) is 0 Å². The summed E-state index contributed by atoms with van der Waals surface area (Å²) in [6.07, 6.45) is 4.70. The second-order valence-electron chi connectivity index (χ2n) is 7.53. The van der Waals surface area contributed by atoms with Gasteiger partial charge in [0.25, 0.3) is 0 Å². The molecular weight excluding hydrogens is 332 g/mol. The minimum atomic E-state index is -1.99. The van der Waals surface area contributed by atoms with Gasteiger partial charge in [-0.25, -0.2) is 0 Å². The Morgan fingerprint density at radius 2 is 1.92 bits per heavy atom. The Balaban J connectivity index is 3.32. The number of carbonyl (C=O) groups excluding carboxylic acids is 2. The Labute approximate surface area is 156 Å². The number of Topliss-reactive ketones (excluding diaryl/α,β-unsaturated/α-hetero) is 1. The second-order valence-corrected chi connectivity index (χ2v) is 7.53. The fourth-order valence-electron chi connectivity index (χ4n) is 3.42. The fourth-order valence-corrected chi connectivity index (χ4v) is 3.42. The first-order valence-electron chi connectivity index (χ1n) is 9.15. The first-order valence-corrected chi connectivity index (χ1v) is 9.15. The van der Waals surface area contributed by atoms with Crippen molar-refractivity contribution in [3.8, 4) is 0 Å². The van der Waals surface area contributed by atoms with E-state index < -0.39 is 36.0 Å². The normalized spacial score (nSPS) is 36.4. The van der Waals surface area contributed by atoms with Gasteiger partial charge in [-0.3, -0.25) is 9.59 Å². The quantitative estimate of drug-likeness (QED) is 0.447. The minimum Gasteiger partial charge on any atom is -0.457 e. The minimum absolute atomic E-state index is 0.0250. The van der Waals surface area contributed by atoms with Crippen molar-refractivity contribution in [2.24, 2.45) is 11.8 Å². The SMILES string of the molecule is C=C1/C=C(/C)[C@@H](CC)OC(=O)[C@H](C)C(=O)[C@](O)(CO)C/C(C)=C\[C@H](C)C1. The monoisotopic (exact) mass is 364 g/mol. The van der Waals surface area contributed by atoms with Gasteiger partial charge in [-0.1, -0.05) is 43.7 Å². The van der Waals surface area contributed by atoms with E-state index >= 15 is 0 Å². The van der Waals surface area contributed by atoms with Crippen LogP contribution in [0.25, 0.3) is 0 Å². The number of hydrogen-bond acceptors (Lipinski definition) is 5. The number of ether oxygens (including phenoxy) is 1. The summed E-state index contributed by atoms with van der Waals surface area (Å²) >= 11 is 0. The maximum atomic E-state index is 12.7. The molecular formula is C21H32O5. The average Bonchev–Trinajstić information content (AvgIpc) is 2.56. The molecule has 0 bridgehead atoms. The van der Waals surface area contributed by atoms with Crippen molar-refractivity contribution in [1.29, 1.82) is 0 Å². The summed E-state index contributed by atoms with van der Waals surface area (Å²) in [7, 11) is 0. The van der Waals surface area contributed by atoms with E-state index in [9.17, 15) is 19.8 Å². The lowest BCUT2D eigenvalue weighted by Crippen LogP contribution is -2.48. The highest BCUT2D eigenvalue weighted by molar-refractivity contribution is 6.03. The highest BCUT2D eigenvalue weighted by atomic mass is 16.5. The maximum absolute atomic E-state index is 12.7. The Morgan fingerprint density at radius 1 is 1.31 bits per heavy atom. The number of aliphatic hydroxyl groups excluding tert-OH is 1. The zero-order chi connectivity index (χ0) is 20.1. The topological polar surface area (TPSA) is 83.8 Å². The molecule has 4 atom stereocenters. The standard InChI is InChI=1S/C21H32O5/c1-7-18-16(5)10-14(3)8-13(2)9-15(4)11-21(25,12-22)19(23)17(6)20(24)26-18/h9-10,13,17-18,22,25H,3,7-8,11-12H2,1-2,4-6H3/b15-9-,16-10-/t13-,17-,18-,21-/m1/s1. The zero-order valence-electron chi connectivity index (χ0n) is 16.5. The first-order chi connectivity index (χ1) is 12.0. The predicted molar refractivity (Wildman–Crippen MR) is 101 cm³/mol. The molecule has 1 rings (SSSR count). The average molecular weight is 364 g/mol. The van der Waals surface area contributed by atoms with Crippen LogP contribution in [-0.4, -0.2) is 40.3 Å². The molecule has 0 saturated carbocycles. The number of allylic oxidation sites excluding steroid dienone is 3. The smallest absolute Gasteiger partial charge is 0.316 e. The van der Waals surface area contributed by atoms with Crippen LogP contribution in [0.4, 0.5) is 0 Å². The Hall–Kier alpha value is -1.72. The first kappa shape index (κ1) is 22.3. The second kappa shape index (κ2) is 9.28. The summed E-state index contributed by atoms with van der Waals surface area (Å²) in [5, 5.41) is 20.3. The van der Waals surface area contributed by atoms with Crippen LogP contribution in [0.2, 0.25) is 0 Å². The number of esters is 1. The molecule has 0 aliphatic carbocycles. The molecule has 0 saturated heterocycles. The molecule has 0 amide bonds. The number of rotatable bonds is 2. The van der Waals surface area contributed by atoms with Gasteiger partial charge < -0.3 is 14.9 Å². The van der Waals surface area contributed by atoms with Crippen molar-refractivity contribution in [2.75, 3.05) is 6.61 Å². The number of hydrogen-bond donors (Lipinski definition) is 2. The summed E-state index contributed by atoms with van der Waals surface area (Å²) in [6.45, 7) is 12.3. The molecule has 146 valence electrons. The van der Waals surface area contributed by atoms with Gasteiger partial charge in [0.15, 0.2) is 11.4 Å². The van der Waals surface area contributed by atoms with Gasteiger partial charge in [-0.05, 0) is 45.1 Å². The molecule has 5 heteroatoms. The summed E-state index contributed by atoms with van der Waals surface area (Å²) in [5.74, 6) is -2.42. The van der Waals surface area contributed by atoms with Crippen LogP contribution in [-0.2, 0) is 14.3 Å². The summed E-state index contributed by atoms with van der Waals surface area (Å²) in [6, 6.07) is 0. The van der Waals surface area contributed by atoms with Crippen molar-refractivity contribution in [3.05, 3.63) is 35.5 Å². The zero-order valence-corrected chi connectivity index (χ0v) is 16.5. The van der Waals surface area contributed by atoms with Gasteiger partial charge in [0, 0.05) is 6.42 Å². The third kappa shape index (κ3) is 5.64. The molecule has 1 aliphatic rings. The van der Waals surface area contributed by atoms with Crippen LogP contribution in [0.15, 0.2) is 35.5 Å². The highest BCUT2D eigenvalue weighted by Crippen LogP contribution is 2.26. The summed E-state index contributed by atoms with van der Waals surface area (Å²) in [4.78, 5) is 25.1. The number of aliphatic hydroxyl groups is 2. The number of ketones is 1. The summed E-state index contributed by atoms with van der Waals surface area (Å²) in [5.41, 5.74) is 0.576. The Morgan fingerprint density at radius 3 is 2.46 bits per heavy atom. The van der Waals surface area contributed by atoms with E-state index in [-0.39, 0.29) is 12.3 Å². The van der Waals surface area contributed by atoms with Crippen LogP contribution in [0.1, 0.15) is 53.9 Å². The van der Waals surface area contributed by atoms with Crippen molar-refractivity contribution in [2.45, 2.75) is 65.6 Å². The van der Waals surface area contributed by atoms with Crippen LogP contribution < -0.4 is 0 Å². The van der Waals surface area contributed by atoms with Crippen LogP contribution in [0, 0.1) is 11.8 Å². The van der Waals surface area contributed by atoms with E-state index in [0.29, 0.717) is 12.8 Å². The van der Waals surface area contributed by atoms with Crippen molar-refractivity contribution < 1.29 is 24.5 Å². The molecule has 0 aromatic rings. The highest BCUT2D eigenvalue weighted by Gasteiger charge is 2.42. The predicted octanol–water partition coefficient (Wildman–Crippen LogP) is 3.12. The van der Waals surface area contributed by atoms with Crippen molar-refractivity contribution >= 4 is 11.8 Å². The molecule has 0 unspecified atom stereocenters. The third-order valence-corrected chi connectivity index (χ3v) is 4.76. The fraction of sp³-hybridized carbons (Fsp3) is 0.619. The van der Waals surface area contributed by atoms with E-state index in [4.69, 9.17) is 4.74 Å². The van der Waals surface area contributed by atoms with Gasteiger partial charge in [0.05, 0.1) is 6.61 Å². The lowest BCUT2D eigenvalue weighted by molar-refractivity contribution is -0.161. The van der Waals surface area contributed by atoms with Gasteiger partial charge in [0.1, 0.15) is 12.0 Å². The molecule has 1 aliphatic heterocycles. The Bertz CT molecular complexity index is 616. The molecule has 0 fully saturated rings. The van der Waals surface area contributed by atoms with E-state index in [1.807, 2.05) is 32.9 Å². The summed E-state index contributed by atoms with van der Waals surface area (Å²) < 4.78 is 5.50. The van der Waals surface area contributed by atoms with Crippen LogP contribution >= 0.6 is 0 Å². The van der Waals surface area contributed by atoms with Gasteiger partial charge >= 0.3 is 5.97 Å². The van der Waals surface area contributed by atoms with E-state index in [0.717, 1.165) is 16.7 Å². The molecule has 26 heavy (non-hydrogen) atoms. The Kier molecular flexibility index (Phi) is 7.97. The molecule has 1 heterocycles. The van der Waals surface area contributed by atoms with Crippen molar-refractivity contribution in [3.63, 3.8) is 0 Å². The molecule has 5 nitrogen and oxygen atoms in total. The molecule has 0 aromatic carbocycles. The largest absolute Gasteiger partial charge is 0.457 e. The van der Waals surface area contributed by atoms with E-state index in [1.54, 1.807) is 6.92 Å². The van der Waals surface area contributed by atoms with Gasteiger partial charge in [-0.2, -0.15) is 0 Å². The molecule has 0 spiro atoms.